The molecule has 0 bridgehead atoms. The molecular formula is C10H21F2NO2. The normalized spacial score (nSPS) is 23.0. The van der Waals surface area contributed by atoms with Gasteiger partial charge in [0.05, 0.1) is 20.5 Å². The molecule has 5 heteroatoms. The summed E-state index contributed by atoms with van der Waals surface area (Å²) in [5.41, 5.74) is 0. The van der Waals surface area contributed by atoms with Gasteiger partial charge in [0.2, 0.25) is 0 Å². The summed E-state index contributed by atoms with van der Waals surface area (Å²) in [4.78, 5) is 9.18. The molecule has 0 aromatic carbocycles. The lowest BCUT2D eigenvalue weighted by Crippen LogP contribution is -2.23. The lowest BCUT2D eigenvalue weighted by Gasteiger charge is -2.08. The van der Waals surface area contributed by atoms with E-state index in [1.54, 1.807) is 6.92 Å². The minimum Gasteiger partial charge on any atom is -0.468 e. The summed E-state index contributed by atoms with van der Waals surface area (Å²) in [6.45, 7) is 5.54. The van der Waals surface area contributed by atoms with Crippen molar-refractivity contribution in [1.29, 1.82) is 0 Å². The van der Waals surface area contributed by atoms with Crippen LogP contribution in [0.25, 0.3) is 0 Å². The first kappa shape index (κ1) is 16.7. The average molecular weight is 225 g/mol. The SMILES string of the molecule is CC1NCCC1CF.CCOC=O.CF. The number of rotatable bonds is 3. The summed E-state index contributed by atoms with van der Waals surface area (Å²) in [5, 5.41) is 3.18. The van der Waals surface area contributed by atoms with E-state index in [-0.39, 0.29) is 12.6 Å². The minimum absolute atomic E-state index is 0.159. The maximum Gasteiger partial charge on any atom is 0.293 e. The third-order valence-corrected chi connectivity index (χ3v) is 2.12. The molecule has 1 heterocycles. The van der Waals surface area contributed by atoms with Gasteiger partial charge < -0.3 is 10.1 Å². The highest BCUT2D eigenvalue weighted by molar-refractivity contribution is 5.36. The van der Waals surface area contributed by atoms with E-state index in [1.165, 1.54) is 0 Å². The Kier molecular flexibility index (Phi) is 14.8. The number of alkyl halides is 2. The molecule has 1 fully saturated rings. The van der Waals surface area contributed by atoms with Gasteiger partial charge in [-0.2, -0.15) is 0 Å². The largest absolute Gasteiger partial charge is 0.468 e. The molecule has 0 radical (unpaired) electrons. The number of nitrogens with one attached hydrogen (secondary N) is 1. The van der Waals surface area contributed by atoms with Crippen LogP contribution in [0.4, 0.5) is 8.78 Å². The van der Waals surface area contributed by atoms with E-state index in [0.717, 1.165) is 13.0 Å². The summed E-state index contributed by atoms with van der Waals surface area (Å²) in [6.07, 6.45) is 1.01. The van der Waals surface area contributed by atoms with Crippen LogP contribution in [-0.2, 0) is 9.53 Å². The van der Waals surface area contributed by atoms with Gasteiger partial charge in [0, 0.05) is 12.0 Å². The Balaban J connectivity index is 0. The Bertz CT molecular complexity index is 137. The molecule has 1 saturated heterocycles. The molecule has 0 aromatic rings. The zero-order valence-corrected chi connectivity index (χ0v) is 9.63. The van der Waals surface area contributed by atoms with Gasteiger partial charge in [0.15, 0.2) is 0 Å². The van der Waals surface area contributed by atoms with Gasteiger partial charge in [0.25, 0.3) is 6.47 Å². The quantitative estimate of drug-likeness (QED) is 0.743. The highest BCUT2D eigenvalue weighted by Gasteiger charge is 2.21. The highest BCUT2D eigenvalue weighted by atomic mass is 19.1. The predicted molar refractivity (Wildman–Crippen MR) is 56.3 cm³/mol. The first-order chi connectivity index (χ1) is 7.26. The number of carbonyl (C=O) groups is 1. The van der Waals surface area contributed by atoms with Crippen molar-refractivity contribution >= 4 is 6.47 Å². The Morgan fingerprint density at radius 3 is 2.27 bits per heavy atom. The number of hydrogen-bond acceptors (Lipinski definition) is 3. The van der Waals surface area contributed by atoms with Crippen molar-refractivity contribution in [1.82, 2.24) is 5.32 Å². The van der Waals surface area contributed by atoms with Gasteiger partial charge in [-0.3, -0.25) is 13.6 Å². The molecule has 2 atom stereocenters. The first-order valence-electron chi connectivity index (χ1n) is 4.98. The van der Waals surface area contributed by atoms with E-state index in [9.17, 15) is 13.6 Å². The molecule has 0 aromatic heterocycles. The van der Waals surface area contributed by atoms with Crippen molar-refractivity contribution < 1.29 is 18.3 Å². The lowest BCUT2D eigenvalue weighted by molar-refractivity contribution is -0.128. The van der Waals surface area contributed by atoms with Crippen LogP contribution in [0.3, 0.4) is 0 Å². The standard InChI is InChI=1S/C6H12FN.C3H6O2.CH3F/c1-5-6(4-7)2-3-8-5;1-2-5-3-4;1-2/h5-6,8H,2-4H2,1H3;3H,2H2,1H3;1H3. The molecule has 1 N–H and O–H groups in total. The molecule has 1 aliphatic heterocycles. The monoisotopic (exact) mass is 225 g/mol. The van der Waals surface area contributed by atoms with Crippen LogP contribution in [0.5, 0.6) is 0 Å². The van der Waals surface area contributed by atoms with Crippen LogP contribution in [0, 0.1) is 5.92 Å². The van der Waals surface area contributed by atoms with Crippen molar-refractivity contribution in [2.75, 3.05) is 27.0 Å². The molecule has 0 spiro atoms. The summed E-state index contributed by atoms with van der Waals surface area (Å²) >= 11 is 0. The van der Waals surface area contributed by atoms with E-state index >= 15 is 0 Å². The summed E-state index contributed by atoms with van der Waals surface area (Å²) in [5.74, 6) is 0.287. The van der Waals surface area contributed by atoms with Crippen LogP contribution in [0.1, 0.15) is 20.3 Å². The summed E-state index contributed by atoms with van der Waals surface area (Å²) < 4.78 is 25.6. The lowest BCUT2D eigenvalue weighted by atomic mass is 10.1. The molecule has 92 valence electrons. The van der Waals surface area contributed by atoms with Gasteiger partial charge in [0.1, 0.15) is 0 Å². The maximum absolute atomic E-state index is 11.9. The van der Waals surface area contributed by atoms with Crippen molar-refractivity contribution in [3.05, 3.63) is 0 Å². The van der Waals surface area contributed by atoms with Crippen molar-refractivity contribution in [3.8, 4) is 0 Å². The smallest absolute Gasteiger partial charge is 0.293 e. The molecule has 2 unspecified atom stereocenters. The number of halogens is 2. The van der Waals surface area contributed by atoms with Gasteiger partial charge in [-0.1, -0.05) is 0 Å². The Hall–Kier alpha value is -0.710. The molecule has 1 aliphatic rings. The van der Waals surface area contributed by atoms with Crippen molar-refractivity contribution in [3.63, 3.8) is 0 Å². The van der Waals surface area contributed by atoms with E-state index in [4.69, 9.17) is 0 Å². The van der Waals surface area contributed by atoms with E-state index < -0.39 is 0 Å². The topological polar surface area (TPSA) is 38.3 Å². The second-order valence-corrected chi connectivity index (χ2v) is 3.00. The van der Waals surface area contributed by atoms with Gasteiger partial charge >= 0.3 is 0 Å². The van der Waals surface area contributed by atoms with Gasteiger partial charge in [-0.15, -0.1) is 0 Å². The second-order valence-electron chi connectivity index (χ2n) is 3.00. The Morgan fingerprint density at radius 2 is 2.13 bits per heavy atom. The van der Waals surface area contributed by atoms with E-state index in [1.807, 2.05) is 6.92 Å². The van der Waals surface area contributed by atoms with Crippen molar-refractivity contribution in [2.24, 2.45) is 5.92 Å². The molecule has 0 aliphatic carbocycles. The van der Waals surface area contributed by atoms with Crippen LogP contribution in [-0.4, -0.2) is 39.5 Å². The molecule has 15 heavy (non-hydrogen) atoms. The fraction of sp³-hybridized carbons (Fsp3) is 0.900. The summed E-state index contributed by atoms with van der Waals surface area (Å²) in [7, 11) is 0.500. The molecule has 3 nitrogen and oxygen atoms in total. The second kappa shape index (κ2) is 13.3. The van der Waals surface area contributed by atoms with Crippen LogP contribution < -0.4 is 5.32 Å². The van der Waals surface area contributed by atoms with Crippen LogP contribution >= 0.6 is 0 Å². The fourth-order valence-corrected chi connectivity index (χ4v) is 1.19. The van der Waals surface area contributed by atoms with E-state index in [2.05, 4.69) is 10.1 Å². The van der Waals surface area contributed by atoms with Crippen LogP contribution in [0.2, 0.25) is 0 Å². The highest BCUT2D eigenvalue weighted by Crippen LogP contribution is 2.14. The maximum atomic E-state index is 11.9. The zero-order valence-electron chi connectivity index (χ0n) is 9.63. The fourth-order valence-electron chi connectivity index (χ4n) is 1.19. The summed E-state index contributed by atoms with van der Waals surface area (Å²) in [6, 6.07) is 0.403. The Labute approximate surface area is 90.2 Å². The molecule has 0 amide bonds. The molecular weight excluding hydrogens is 204 g/mol. The molecule has 1 rings (SSSR count). The van der Waals surface area contributed by atoms with Crippen LogP contribution in [0.15, 0.2) is 0 Å². The Morgan fingerprint density at radius 1 is 1.53 bits per heavy atom. The van der Waals surface area contributed by atoms with Gasteiger partial charge in [-0.25, -0.2) is 0 Å². The predicted octanol–water partition coefficient (Wildman–Crippen LogP) is 1.72. The third kappa shape index (κ3) is 9.59. The van der Waals surface area contributed by atoms with E-state index in [0.29, 0.717) is 26.3 Å². The zero-order chi connectivity index (χ0) is 12.1. The number of ether oxygens (including phenoxy) is 1. The molecule has 0 saturated carbocycles. The number of carbonyl (C=O) groups excluding carboxylic acids is 1. The number of hydrogen-bond donors (Lipinski definition) is 1. The third-order valence-electron chi connectivity index (χ3n) is 2.12. The minimum atomic E-state index is -0.159. The average Bonchev–Trinajstić information content (AvgIpc) is 2.69. The first-order valence-corrected chi connectivity index (χ1v) is 4.98. The van der Waals surface area contributed by atoms with Crippen molar-refractivity contribution in [2.45, 2.75) is 26.3 Å². The van der Waals surface area contributed by atoms with Gasteiger partial charge in [-0.05, 0) is 26.8 Å².